The molecule has 1 spiro atoms. The number of nitrogens with zero attached hydrogens (tertiary/aromatic N) is 1. The monoisotopic (exact) mass is 293 g/mol. The van der Waals surface area contributed by atoms with Crippen molar-refractivity contribution in [1.29, 1.82) is 0 Å². The number of rotatable bonds is 2. The van der Waals surface area contributed by atoms with E-state index in [0.717, 1.165) is 32.4 Å². The first-order valence-electron chi connectivity index (χ1n) is 8.52. The molecular formula is C17H27NO3. The molecule has 118 valence electrons. The lowest BCUT2D eigenvalue weighted by molar-refractivity contribution is -0.150. The summed E-state index contributed by atoms with van der Waals surface area (Å²) in [5, 5.41) is 9.35. The molecule has 2 aliphatic carbocycles. The van der Waals surface area contributed by atoms with Crippen LogP contribution in [0.5, 0.6) is 0 Å². The van der Waals surface area contributed by atoms with Crippen LogP contribution in [0.3, 0.4) is 0 Å². The van der Waals surface area contributed by atoms with Crippen molar-refractivity contribution in [3.63, 3.8) is 0 Å². The zero-order valence-electron chi connectivity index (χ0n) is 13.0. The number of carbonyl (C=O) groups is 2. The summed E-state index contributed by atoms with van der Waals surface area (Å²) in [7, 11) is 0. The second-order valence-corrected chi connectivity index (χ2v) is 7.66. The zero-order valence-corrected chi connectivity index (χ0v) is 13.0. The fourth-order valence-corrected chi connectivity index (χ4v) is 4.90. The third-order valence-electron chi connectivity index (χ3n) is 6.23. The Labute approximate surface area is 126 Å². The van der Waals surface area contributed by atoms with Gasteiger partial charge in [-0.25, -0.2) is 0 Å². The maximum Gasteiger partial charge on any atom is 0.307 e. The van der Waals surface area contributed by atoms with Gasteiger partial charge in [0.15, 0.2) is 0 Å². The predicted molar refractivity (Wildman–Crippen MR) is 79.7 cm³/mol. The molecule has 3 rings (SSSR count). The van der Waals surface area contributed by atoms with Crippen molar-refractivity contribution >= 4 is 11.9 Å². The van der Waals surface area contributed by atoms with E-state index in [-0.39, 0.29) is 11.8 Å². The number of piperidine rings is 1. The summed E-state index contributed by atoms with van der Waals surface area (Å²) in [6, 6.07) is 0. The summed E-state index contributed by atoms with van der Waals surface area (Å²) in [5.74, 6) is -1.07. The van der Waals surface area contributed by atoms with Gasteiger partial charge in [0.05, 0.1) is 11.8 Å². The Bertz CT molecular complexity index is 418. The van der Waals surface area contributed by atoms with Crippen LogP contribution in [0.4, 0.5) is 0 Å². The fraction of sp³-hybridized carbons (Fsp3) is 0.882. The first-order valence-corrected chi connectivity index (χ1v) is 8.52. The van der Waals surface area contributed by atoms with Crippen molar-refractivity contribution < 1.29 is 14.7 Å². The fourth-order valence-electron chi connectivity index (χ4n) is 4.90. The summed E-state index contributed by atoms with van der Waals surface area (Å²) in [6.07, 6.45) is 8.99. The number of aliphatic carboxylic acids is 1. The number of hydrogen-bond acceptors (Lipinski definition) is 2. The molecule has 3 unspecified atom stereocenters. The van der Waals surface area contributed by atoms with Crippen LogP contribution >= 0.6 is 0 Å². The van der Waals surface area contributed by atoms with E-state index in [1.165, 1.54) is 25.7 Å². The normalized spacial score (nSPS) is 35.3. The lowest BCUT2D eigenvalue weighted by Gasteiger charge is -2.40. The molecule has 4 heteroatoms. The highest BCUT2D eigenvalue weighted by Gasteiger charge is 2.45. The molecular weight excluding hydrogens is 266 g/mol. The molecule has 21 heavy (non-hydrogen) atoms. The summed E-state index contributed by atoms with van der Waals surface area (Å²) in [5.41, 5.74) is 0.506. The van der Waals surface area contributed by atoms with Gasteiger partial charge in [-0.15, -0.1) is 0 Å². The highest BCUT2D eigenvalue weighted by molar-refractivity contribution is 5.85. The molecule has 1 saturated heterocycles. The average Bonchev–Trinajstić information content (AvgIpc) is 3.06. The van der Waals surface area contributed by atoms with E-state index in [0.29, 0.717) is 17.8 Å². The second kappa shape index (κ2) is 5.62. The molecule has 1 aliphatic heterocycles. The Morgan fingerprint density at radius 2 is 1.57 bits per heavy atom. The van der Waals surface area contributed by atoms with Gasteiger partial charge in [-0.3, -0.25) is 9.59 Å². The molecule has 0 bridgehead atoms. The number of amides is 1. The van der Waals surface area contributed by atoms with Gasteiger partial charge in [0.1, 0.15) is 0 Å². The van der Waals surface area contributed by atoms with Crippen LogP contribution in [0.15, 0.2) is 0 Å². The Balaban J connectivity index is 1.62. The minimum atomic E-state index is -0.790. The summed E-state index contributed by atoms with van der Waals surface area (Å²) in [4.78, 5) is 26.1. The van der Waals surface area contributed by atoms with E-state index in [2.05, 4.69) is 6.92 Å². The molecule has 3 fully saturated rings. The molecule has 0 aromatic rings. The first kappa shape index (κ1) is 14.9. The molecule has 0 aromatic carbocycles. The molecule has 1 amide bonds. The molecule has 3 atom stereocenters. The van der Waals surface area contributed by atoms with Gasteiger partial charge in [0, 0.05) is 13.1 Å². The van der Waals surface area contributed by atoms with Gasteiger partial charge < -0.3 is 10.0 Å². The van der Waals surface area contributed by atoms with Gasteiger partial charge in [-0.2, -0.15) is 0 Å². The topological polar surface area (TPSA) is 57.6 Å². The van der Waals surface area contributed by atoms with Gasteiger partial charge in [0.2, 0.25) is 5.91 Å². The molecule has 2 saturated carbocycles. The van der Waals surface area contributed by atoms with Crippen molar-refractivity contribution in [2.24, 2.45) is 23.2 Å². The van der Waals surface area contributed by atoms with E-state index in [4.69, 9.17) is 0 Å². The lowest BCUT2D eigenvalue weighted by Crippen LogP contribution is -2.46. The van der Waals surface area contributed by atoms with Gasteiger partial charge in [-0.1, -0.05) is 19.8 Å². The van der Waals surface area contributed by atoms with Gasteiger partial charge in [0.25, 0.3) is 0 Å². The molecule has 0 radical (unpaired) electrons. The van der Waals surface area contributed by atoms with E-state index in [1.54, 1.807) is 0 Å². The largest absolute Gasteiger partial charge is 0.481 e. The van der Waals surface area contributed by atoms with E-state index >= 15 is 0 Å². The van der Waals surface area contributed by atoms with Gasteiger partial charge in [-0.05, 0) is 49.9 Å². The van der Waals surface area contributed by atoms with Crippen LogP contribution in [-0.4, -0.2) is 35.0 Å². The SMILES string of the molecule is CC1CC(C(=O)O)C(C(=O)N2CCC3(CCCC3)CC2)C1. The molecule has 1 heterocycles. The van der Waals surface area contributed by atoms with E-state index < -0.39 is 11.9 Å². The Kier molecular flexibility index (Phi) is 3.98. The minimum absolute atomic E-state index is 0.111. The van der Waals surface area contributed by atoms with Crippen molar-refractivity contribution in [3.8, 4) is 0 Å². The maximum absolute atomic E-state index is 12.7. The predicted octanol–water partition coefficient (Wildman–Crippen LogP) is 2.92. The standard InChI is InChI=1S/C17H27NO3/c1-12-10-13(14(11-12)16(20)21)15(19)18-8-6-17(7-9-18)4-2-3-5-17/h12-14H,2-11H2,1H3,(H,20,21). The smallest absolute Gasteiger partial charge is 0.307 e. The third-order valence-corrected chi connectivity index (χ3v) is 6.23. The quantitative estimate of drug-likeness (QED) is 0.851. The average molecular weight is 293 g/mol. The Hall–Kier alpha value is -1.06. The third kappa shape index (κ3) is 2.82. The highest BCUT2D eigenvalue weighted by Crippen LogP contribution is 2.47. The molecule has 3 aliphatic rings. The minimum Gasteiger partial charge on any atom is -0.481 e. The van der Waals surface area contributed by atoms with Crippen LogP contribution in [0, 0.1) is 23.2 Å². The van der Waals surface area contributed by atoms with E-state index in [1.807, 2.05) is 4.90 Å². The number of likely N-dealkylation sites (tertiary alicyclic amines) is 1. The summed E-state index contributed by atoms with van der Waals surface area (Å²) < 4.78 is 0. The summed E-state index contributed by atoms with van der Waals surface area (Å²) >= 11 is 0. The number of hydrogen-bond donors (Lipinski definition) is 1. The number of carbonyl (C=O) groups excluding carboxylic acids is 1. The van der Waals surface area contributed by atoms with Crippen molar-refractivity contribution in [2.45, 2.75) is 58.3 Å². The summed E-state index contributed by atoms with van der Waals surface area (Å²) in [6.45, 7) is 3.75. The Morgan fingerprint density at radius 3 is 2.14 bits per heavy atom. The van der Waals surface area contributed by atoms with Crippen molar-refractivity contribution in [2.75, 3.05) is 13.1 Å². The molecule has 1 N–H and O–H groups in total. The van der Waals surface area contributed by atoms with E-state index in [9.17, 15) is 14.7 Å². The first-order chi connectivity index (χ1) is 10.0. The van der Waals surface area contributed by atoms with Crippen LogP contribution in [-0.2, 0) is 9.59 Å². The van der Waals surface area contributed by atoms with Crippen LogP contribution in [0.2, 0.25) is 0 Å². The molecule has 0 aromatic heterocycles. The number of carboxylic acids is 1. The highest BCUT2D eigenvalue weighted by atomic mass is 16.4. The van der Waals surface area contributed by atoms with Crippen LogP contribution in [0.25, 0.3) is 0 Å². The van der Waals surface area contributed by atoms with Crippen molar-refractivity contribution in [1.82, 2.24) is 4.90 Å². The second-order valence-electron chi connectivity index (χ2n) is 7.66. The lowest BCUT2D eigenvalue weighted by atomic mass is 9.77. The number of carboxylic acid groups (broad SMARTS) is 1. The van der Waals surface area contributed by atoms with Crippen LogP contribution in [0.1, 0.15) is 58.3 Å². The van der Waals surface area contributed by atoms with Crippen molar-refractivity contribution in [3.05, 3.63) is 0 Å². The Morgan fingerprint density at radius 1 is 1.00 bits per heavy atom. The van der Waals surface area contributed by atoms with Gasteiger partial charge >= 0.3 is 5.97 Å². The zero-order chi connectivity index (χ0) is 15.0. The van der Waals surface area contributed by atoms with Crippen LogP contribution < -0.4 is 0 Å². The molecule has 4 nitrogen and oxygen atoms in total. The maximum atomic E-state index is 12.7.